The zero-order valence-corrected chi connectivity index (χ0v) is 8.12. The number of carbonyl (C=O) groups excluding carboxylic acids is 1. The highest BCUT2D eigenvalue weighted by Gasteiger charge is 2.35. The third-order valence-electron chi connectivity index (χ3n) is 2.14. The van der Waals surface area contributed by atoms with E-state index in [1.165, 1.54) is 0 Å². The maximum Gasteiger partial charge on any atom is 0.418 e. The van der Waals surface area contributed by atoms with E-state index in [0.29, 0.717) is 0 Å². The van der Waals surface area contributed by atoms with Crippen LogP contribution in [0.25, 0.3) is 0 Å². The van der Waals surface area contributed by atoms with Gasteiger partial charge in [-0.2, -0.15) is 13.2 Å². The van der Waals surface area contributed by atoms with Crippen LogP contribution in [0, 0.1) is 0 Å². The normalized spacial score (nSPS) is 15.9. The van der Waals surface area contributed by atoms with E-state index >= 15 is 0 Å². The first-order valence-electron chi connectivity index (χ1n) is 4.70. The molecule has 1 aliphatic carbocycles. The van der Waals surface area contributed by atoms with Gasteiger partial charge in [0, 0.05) is 0 Å². The molecule has 0 saturated heterocycles. The fourth-order valence-corrected chi connectivity index (χ4v) is 1.22. The van der Waals surface area contributed by atoms with Gasteiger partial charge in [-0.15, -0.1) is 0 Å². The number of rotatable bonds is 3. The topological polar surface area (TPSA) is 39.2 Å². The summed E-state index contributed by atoms with van der Waals surface area (Å²) in [7, 11) is 0. The molecule has 0 aliphatic heterocycles. The van der Waals surface area contributed by atoms with Crippen molar-refractivity contribution < 1.29 is 22.7 Å². The van der Waals surface area contributed by atoms with Crippen LogP contribution in [0.15, 0.2) is 12.3 Å². The summed E-state index contributed by atoms with van der Waals surface area (Å²) >= 11 is 0. The van der Waals surface area contributed by atoms with Crippen molar-refractivity contribution in [2.75, 3.05) is 0 Å². The Morgan fingerprint density at radius 1 is 1.44 bits per heavy atom. The van der Waals surface area contributed by atoms with Crippen molar-refractivity contribution >= 4 is 6.29 Å². The van der Waals surface area contributed by atoms with Gasteiger partial charge >= 0.3 is 6.18 Å². The number of hydrogen-bond acceptors (Lipinski definition) is 3. The second kappa shape index (κ2) is 3.77. The summed E-state index contributed by atoms with van der Waals surface area (Å²) in [6, 6.07) is 0.815. The molecule has 0 bridgehead atoms. The van der Waals surface area contributed by atoms with Gasteiger partial charge < -0.3 is 4.74 Å². The van der Waals surface area contributed by atoms with Gasteiger partial charge in [-0.1, -0.05) is 0 Å². The molecule has 1 heterocycles. The number of halogens is 3. The maximum absolute atomic E-state index is 12.5. The van der Waals surface area contributed by atoms with Crippen LogP contribution >= 0.6 is 0 Å². The van der Waals surface area contributed by atoms with Crippen LogP contribution in [-0.2, 0) is 6.18 Å². The highest BCUT2D eigenvalue weighted by atomic mass is 19.4. The maximum atomic E-state index is 12.5. The van der Waals surface area contributed by atoms with E-state index in [-0.39, 0.29) is 18.1 Å². The predicted molar refractivity (Wildman–Crippen MR) is 48.3 cm³/mol. The Hall–Kier alpha value is -1.59. The zero-order chi connectivity index (χ0) is 11.8. The van der Waals surface area contributed by atoms with Crippen molar-refractivity contribution in [3.8, 4) is 5.75 Å². The Bertz CT molecular complexity index is 413. The van der Waals surface area contributed by atoms with Crippen molar-refractivity contribution in [2.24, 2.45) is 0 Å². The van der Waals surface area contributed by atoms with Gasteiger partial charge in [-0.05, 0) is 18.9 Å². The minimum absolute atomic E-state index is 0.00929. The Morgan fingerprint density at radius 3 is 2.62 bits per heavy atom. The average molecular weight is 231 g/mol. The number of ether oxygens (including phenoxy) is 1. The van der Waals surface area contributed by atoms with Gasteiger partial charge in [-0.3, -0.25) is 4.79 Å². The number of aromatic nitrogens is 1. The lowest BCUT2D eigenvalue weighted by atomic mass is 10.2. The Labute approximate surface area is 89.2 Å². The molecule has 1 aliphatic rings. The first-order valence-corrected chi connectivity index (χ1v) is 4.70. The van der Waals surface area contributed by atoms with Crippen molar-refractivity contribution in [1.82, 2.24) is 4.98 Å². The van der Waals surface area contributed by atoms with Gasteiger partial charge in [0.1, 0.15) is 11.4 Å². The molecule has 0 amide bonds. The van der Waals surface area contributed by atoms with E-state index in [4.69, 9.17) is 4.74 Å². The highest BCUT2D eigenvalue weighted by molar-refractivity contribution is 5.74. The minimum Gasteiger partial charge on any atom is -0.489 e. The Balaban J connectivity index is 2.33. The van der Waals surface area contributed by atoms with Crippen molar-refractivity contribution in [1.29, 1.82) is 0 Å². The van der Waals surface area contributed by atoms with Gasteiger partial charge in [0.2, 0.25) is 0 Å². The van der Waals surface area contributed by atoms with E-state index < -0.39 is 17.4 Å². The highest BCUT2D eigenvalue weighted by Crippen LogP contribution is 2.34. The van der Waals surface area contributed by atoms with Gasteiger partial charge in [0.05, 0.1) is 17.9 Å². The van der Waals surface area contributed by atoms with Crippen LogP contribution in [0.5, 0.6) is 5.75 Å². The molecular formula is C10H8F3NO2. The molecule has 0 spiro atoms. The van der Waals surface area contributed by atoms with Crippen molar-refractivity contribution in [3.05, 3.63) is 23.5 Å². The van der Waals surface area contributed by atoms with E-state index in [1.54, 1.807) is 0 Å². The lowest BCUT2D eigenvalue weighted by Gasteiger charge is -2.11. The summed E-state index contributed by atoms with van der Waals surface area (Å²) in [5.41, 5.74) is -1.67. The molecule has 1 saturated carbocycles. The summed E-state index contributed by atoms with van der Waals surface area (Å²) in [4.78, 5) is 13.8. The molecule has 1 aromatic rings. The van der Waals surface area contributed by atoms with E-state index in [2.05, 4.69) is 4.98 Å². The average Bonchev–Trinajstić information content (AvgIpc) is 3.00. The smallest absolute Gasteiger partial charge is 0.418 e. The molecule has 0 atom stereocenters. The lowest BCUT2D eigenvalue weighted by Crippen LogP contribution is -2.11. The van der Waals surface area contributed by atoms with Crippen LogP contribution in [0.3, 0.4) is 0 Å². The van der Waals surface area contributed by atoms with Crippen LogP contribution in [0.1, 0.15) is 28.9 Å². The molecule has 0 aromatic carbocycles. The van der Waals surface area contributed by atoms with Crippen molar-refractivity contribution in [3.63, 3.8) is 0 Å². The lowest BCUT2D eigenvalue weighted by molar-refractivity contribution is -0.138. The van der Waals surface area contributed by atoms with Crippen LogP contribution < -0.4 is 4.74 Å². The van der Waals surface area contributed by atoms with Crippen LogP contribution in [0.2, 0.25) is 0 Å². The second-order valence-electron chi connectivity index (χ2n) is 3.54. The largest absolute Gasteiger partial charge is 0.489 e. The van der Waals surface area contributed by atoms with Gasteiger partial charge in [0.15, 0.2) is 6.29 Å². The van der Waals surface area contributed by atoms with Gasteiger partial charge in [-0.25, -0.2) is 4.98 Å². The number of hydrogen-bond donors (Lipinski definition) is 0. The Morgan fingerprint density at radius 2 is 2.12 bits per heavy atom. The third kappa shape index (κ3) is 2.32. The molecule has 2 rings (SSSR count). The SMILES string of the molecule is O=Cc1ncc(OC2CC2)cc1C(F)(F)F. The number of carbonyl (C=O) groups is 1. The number of nitrogens with zero attached hydrogens (tertiary/aromatic N) is 1. The third-order valence-corrected chi connectivity index (χ3v) is 2.14. The van der Waals surface area contributed by atoms with E-state index in [9.17, 15) is 18.0 Å². The molecule has 86 valence electrons. The molecule has 3 nitrogen and oxygen atoms in total. The van der Waals surface area contributed by atoms with Gasteiger partial charge in [0.25, 0.3) is 0 Å². The second-order valence-corrected chi connectivity index (χ2v) is 3.54. The van der Waals surface area contributed by atoms with Crippen molar-refractivity contribution in [2.45, 2.75) is 25.1 Å². The molecule has 0 unspecified atom stereocenters. The summed E-state index contributed by atoms with van der Waals surface area (Å²) in [6.45, 7) is 0. The fourth-order valence-electron chi connectivity index (χ4n) is 1.22. The fraction of sp³-hybridized carbons (Fsp3) is 0.400. The molecule has 0 radical (unpaired) electrons. The minimum atomic E-state index is -4.59. The molecule has 16 heavy (non-hydrogen) atoms. The van der Waals surface area contributed by atoms with Crippen LogP contribution in [0.4, 0.5) is 13.2 Å². The number of alkyl halides is 3. The standard InChI is InChI=1S/C10H8F3NO2/c11-10(12,13)8-3-7(16-6-1-2-6)4-14-9(8)5-15/h3-6H,1-2H2. The van der Waals surface area contributed by atoms with E-state index in [0.717, 1.165) is 25.1 Å². The number of pyridine rings is 1. The molecule has 1 fully saturated rings. The van der Waals surface area contributed by atoms with E-state index in [1.807, 2.05) is 0 Å². The summed E-state index contributed by atoms with van der Waals surface area (Å²) in [5, 5.41) is 0. The summed E-state index contributed by atoms with van der Waals surface area (Å²) < 4.78 is 42.7. The quantitative estimate of drug-likeness (QED) is 0.750. The molecule has 0 N–H and O–H groups in total. The summed E-state index contributed by atoms with van der Waals surface area (Å²) in [5.74, 6) is 0.0559. The predicted octanol–water partition coefficient (Wildman–Crippen LogP) is 2.45. The first-order chi connectivity index (χ1) is 7.50. The molecule has 1 aromatic heterocycles. The monoisotopic (exact) mass is 231 g/mol. The first kappa shape index (κ1) is 10.9. The molecular weight excluding hydrogens is 223 g/mol. The Kier molecular flexibility index (Phi) is 2.57. The number of aldehydes is 1. The summed E-state index contributed by atoms with van der Waals surface area (Å²) in [6.07, 6.45) is -1.69. The zero-order valence-electron chi connectivity index (χ0n) is 8.12. The van der Waals surface area contributed by atoms with Crippen LogP contribution in [-0.4, -0.2) is 17.4 Å². The molecule has 6 heteroatoms.